The van der Waals surface area contributed by atoms with Gasteiger partial charge in [0.1, 0.15) is 5.75 Å². The zero-order valence-electron chi connectivity index (χ0n) is 14.2. The largest absolute Gasteiger partial charge is 0.496 e. The fourth-order valence-electron chi connectivity index (χ4n) is 3.64. The Labute approximate surface area is 138 Å². The Morgan fingerprint density at radius 1 is 1.09 bits per heavy atom. The molecule has 1 unspecified atom stereocenters. The van der Waals surface area contributed by atoms with Gasteiger partial charge in [-0.05, 0) is 23.4 Å². The summed E-state index contributed by atoms with van der Waals surface area (Å²) in [5.41, 5.74) is 7.44. The third kappa shape index (κ3) is 3.20. The average molecular weight is 313 g/mol. The van der Waals surface area contributed by atoms with E-state index in [1.54, 1.807) is 7.11 Å². The van der Waals surface area contributed by atoms with Crippen LogP contribution in [0.25, 0.3) is 10.8 Å². The number of rotatable bonds is 5. The van der Waals surface area contributed by atoms with Crippen LogP contribution in [-0.4, -0.2) is 56.2 Å². The molecule has 0 radical (unpaired) electrons. The highest BCUT2D eigenvalue weighted by Crippen LogP contribution is 2.35. The second-order valence-corrected chi connectivity index (χ2v) is 6.12. The van der Waals surface area contributed by atoms with Gasteiger partial charge in [0.25, 0.3) is 0 Å². The molecule has 0 spiro atoms. The van der Waals surface area contributed by atoms with E-state index in [1.165, 1.54) is 16.3 Å². The van der Waals surface area contributed by atoms with E-state index < -0.39 is 0 Å². The second kappa shape index (κ2) is 7.30. The van der Waals surface area contributed by atoms with Crippen molar-refractivity contribution in [2.75, 3.05) is 46.4 Å². The molecule has 124 valence electrons. The van der Waals surface area contributed by atoms with Crippen molar-refractivity contribution in [3.8, 4) is 5.75 Å². The van der Waals surface area contributed by atoms with Crippen LogP contribution in [0.2, 0.25) is 0 Å². The monoisotopic (exact) mass is 313 g/mol. The van der Waals surface area contributed by atoms with Crippen molar-refractivity contribution in [3.63, 3.8) is 0 Å². The van der Waals surface area contributed by atoms with Gasteiger partial charge in [0, 0.05) is 38.3 Å². The van der Waals surface area contributed by atoms with Gasteiger partial charge in [0.05, 0.1) is 13.2 Å². The molecule has 2 aromatic rings. The molecule has 1 heterocycles. The lowest BCUT2D eigenvalue weighted by Gasteiger charge is -2.39. The zero-order chi connectivity index (χ0) is 16.2. The maximum Gasteiger partial charge on any atom is 0.124 e. The minimum Gasteiger partial charge on any atom is -0.496 e. The molecule has 4 nitrogen and oxygen atoms in total. The molecule has 2 aromatic carbocycles. The lowest BCUT2D eigenvalue weighted by atomic mass is 9.96. The molecule has 0 aliphatic carbocycles. The predicted octanol–water partition coefficient (Wildman–Crippen LogP) is 2.49. The van der Waals surface area contributed by atoms with E-state index in [2.05, 4.69) is 53.1 Å². The van der Waals surface area contributed by atoms with E-state index in [-0.39, 0.29) is 6.04 Å². The van der Waals surface area contributed by atoms with Crippen LogP contribution in [0.4, 0.5) is 0 Å². The van der Waals surface area contributed by atoms with E-state index in [9.17, 15) is 0 Å². The third-order valence-electron chi connectivity index (χ3n) is 5.00. The summed E-state index contributed by atoms with van der Waals surface area (Å²) in [6.45, 7) is 8.29. The molecule has 0 bridgehead atoms. The molecule has 3 rings (SSSR count). The topological polar surface area (TPSA) is 41.7 Å². The molecule has 1 atom stereocenters. The summed E-state index contributed by atoms with van der Waals surface area (Å²) in [4.78, 5) is 5.00. The number of methoxy groups -OCH3 is 1. The predicted molar refractivity (Wildman–Crippen MR) is 96.0 cm³/mol. The van der Waals surface area contributed by atoms with Gasteiger partial charge in [-0.3, -0.25) is 4.90 Å². The number of likely N-dealkylation sites (N-methyl/N-ethyl adjacent to an activating group) is 1. The number of hydrogen-bond acceptors (Lipinski definition) is 4. The van der Waals surface area contributed by atoms with E-state index in [0.29, 0.717) is 6.54 Å². The number of nitrogens with two attached hydrogens (primary N) is 1. The smallest absolute Gasteiger partial charge is 0.124 e. The van der Waals surface area contributed by atoms with Crippen LogP contribution in [-0.2, 0) is 0 Å². The van der Waals surface area contributed by atoms with Crippen molar-refractivity contribution in [1.29, 1.82) is 0 Å². The van der Waals surface area contributed by atoms with Crippen LogP contribution in [0.15, 0.2) is 36.4 Å². The maximum atomic E-state index is 6.21. The Kier molecular flexibility index (Phi) is 5.16. The summed E-state index contributed by atoms with van der Waals surface area (Å²) in [7, 11) is 1.75. The van der Waals surface area contributed by atoms with Crippen LogP contribution < -0.4 is 10.5 Å². The molecule has 1 fully saturated rings. The summed E-state index contributed by atoms with van der Waals surface area (Å²) >= 11 is 0. The van der Waals surface area contributed by atoms with Gasteiger partial charge in [0.2, 0.25) is 0 Å². The highest BCUT2D eigenvalue weighted by atomic mass is 16.5. The van der Waals surface area contributed by atoms with Gasteiger partial charge in [-0.1, -0.05) is 37.3 Å². The molecule has 1 aliphatic heterocycles. The van der Waals surface area contributed by atoms with Gasteiger partial charge < -0.3 is 15.4 Å². The fourth-order valence-corrected chi connectivity index (χ4v) is 3.64. The number of piperazine rings is 1. The van der Waals surface area contributed by atoms with Crippen LogP contribution in [0.5, 0.6) is 5.75 Å². The van der Waals surface area contributed by atoms with E-state index in [1.807, 2.05) is 0 Å². The summed E-state index contributed by atoms with van der Waals surface area (Å²) in [5.74, 6) is 0.942. The van der Waals surface area contributed by atoms with Crippen molar-refractivity contribution >= 4 is 10.8 Å². The first-order valence-electron chi connectivity index (χ1n) is 8.50. The molecular weight excluding hydrogens is 286 g/mol. The Balaban J connectivity index is 1.99. The minimum absolute atomic E-state index is 0.204. The van der Waals surface area contributed by atoms with Gasteiger partial charge in [0.15, 0.2) is 0 Å². The molecule has 0 amide bonds. The lowest BCUT2D eigenvalue weighted by molar-refractivity contribution is 0.101. The summed E-state index contributed by atoms with van der Waals surface area (Å²) in [6, 6.07) is 12.9. The van der Waals surface area contributed by atoms with Crippen molar-refractivity contribution in [3.05, 3.63) is 42.0 Å². The van der Waals surface area contributed by atoms with Gasteiger partial charge in [-0.2, -0.15) is 0 Å². The van der Waals surface area contributed by atoms with Crippen molar-refractivity contribution in [2.45, 2.75) is 13.0 Å². The van der Waals surface area contributed by atoms with Crippen LogP contribution in [0.3, 0.4) is 0 Å². The number of hydrogen-bond donors (Lipinski definition) is 1. The number of ether oxygens (including phenoxy) is 1. The Morgan fingerprint density at radius 3 is 2.48 bits per heavy atom. The first kappa shape index (κ1) is 16.2. The van der Waals surface area contributed by atoms with E-state index in [4.69, 9.17) is 10.5 Å². The van der Waals surface area contributed by atoms with Gasteiger partial charge in [-0.15, -0.1) is 0 Å². The summed E-state index contributed by atoms with van der Waals surface area (Å²) in [6.07, 6.45) is 0. The molecular formula is C19H27N3O. The first-order valence-corrected chi connectivity index (χ1v) is 8.50. The fraction of sp³-hybridized carbons (Fsp3) is 0.474. The van der Waals surface area contributed by atoms with Gasteiger partial charge in [-0.25, -0.2) is 0 Å². The molecule has 1 aliphatic rings. The standard InChI is InChI=1S/C19H27N3O/c1-3-21-10-12-22(13-11-21)17(14-20)19-16-7-5-4-6-15(16)8-9-18(19)23-2/h4-9,17H,3,10-14,20H2,1-2H3. The minimum atomic E-state index is 0.204. The third-order valence-corrected chi connectivity index (χ3v) is 5.00. The molecule has 1 saturated heterocycles. The Bertz CT molecular complexity index is 650. The maximum absolute atomic E-state index is 6.21. The van der Waals surface area contributed by atoms with Crippen molar-refractivity contribution < 1.29 is 4.74 Å². The average Bonchev–Trinajstić information content (AvgIpc) is 2.63. The van der Waals surface area contributed by atoms with Crippen LogP contribution in [0, 0.1) is 0 Å². The van der Waals surface area contributed by atoms with Crippen molar-refractivity contribution in [2.24, 2.45) is 5.73 Å². The Morgan fingerprint density at radius 2 is 1.83 bits per heavy atom. The van der Waals surface area contributed by atoms with E-state index >= 15 is 0 Å². The molecule has 4 heteroatoms. The summed E-state index contributed by atoms with van der Waals surface area (Å²) in [5, 5.41) is 2.49. The quantitative estimate of drug-likeness (QED) is 0.921. The molecule has 23 heavy (non-hydrogen) atoms. The highest BCUT2D eigenvalue weighted by Gasteiger charge is 2.27. The molecule has 0 saturated carbocycles. The summed E-state index contributed by atoms with van der Waals surface area (Å²) < 4.78 is 5.68. The number of nitrogens with zero attached hydrogens (tertiary/aromatic N) is 2. The molecule has 0 aromatic heterocycles. The van der Waals surface area contributed by atoms with Crippen LogP contribution in [0.1, 0.15) is 18.5 Å². The first-order chi connectivity index (χ1) is 11.3. The number of fused-ring (bicyclic) bond motifs is 1. The Hall–Kier alpha value is -1.62. The zero-order valence-corrected chi connectivity index (χ0v) is 14.2. The van der Waals surface area contributed by atoms with E-state index in [0.717, 1.165) is 38.5 Å². The normalized spacial score (nSPS) is 18.2. The van der Waals surface area contributed by atoms with Crippen molar-refractivity contribution in [1.82, 2.24) is 9.80 Å². The lowest BCUT2D eigenvalue weighted by Crippen LogP contribution is -2.48. The highest BCUT2D eigenvalue weighted by molar-refractivity contribution is 5.88. The van der Waals surface area contributed by atoms with Gasteiger partial charge >= 0.3 is 0 Å². The SMILES string of the molecule is CCN1CCN(C(CN)c2c(OC)ccc3ccccc23)CC1. The molecule has 2 N–H and O–H groups in total. The second-order valence-electron chi connectivity index (χ2n) is 6.12. The van der Waals surface area contributed by atoms with Crippen LogP contribution >= 0.6 is 0 Å². The number of benzene rings is 2.